The molecular weight excluding hydrogens is 266 g/mol. The summed E-state index contributed by atoms with van der Waals surface area (Å²) in [4.78, 5) is 0. The molecule has 0 aliphatic heterocycles. The van der Waals surface area contributed by atoms with Gasteiger partial charge in [0.2, 0.25) is 12.3 Å². The van der Waals surface area contributed by atoms with E-state index >= 15 is 0 Å². The third-order valence-electron chi connectivity index (χ3n) is 3.39. The number of rotatable bonds is 4. The van der Waals surface area contributed by atoms with Crippen molar-refractivity contribution in [3.63, 3.8) is 0 Å². The Bertz CT molecular complexity index is 732. The molecule has 0 saturated carbocycles. The van der Waals surface area contributed by atoms with Crippen molar-refractivity contribution in [2.45, 2.75) is 26.8 Å². The minimum Gasteiger partial charge on any atom is -0.464 e. The second kappa shape index (κ2) is 5.44. The first-order valence-corrected chi connectivity index (χ1v) is 6.83. The van der Waals surface area contributed by atoms with Crippen molar-refractivity contribution in [3.05, 3.63) is 53.8 Å². The number of nitrogens with zero attached hydrogens (tertiary/aromatic N) is 2. The average Bonchev–Trinajstić information content (AvgIpc) is 3.12. The molecular formula is C16H17N3O2. The average molecular weight is 283 g/mol. The van der Waals surface area contributed by atoms with Crippen LogP contribution in [0, 0.1) is 13.8 Å². The van der Waals surface area contributed by atoms with Crippen molar-refractivity contribution in [3.8, 4) is 11.5 Å². The van der Waals surface area contributed by atoms with Crippen LogP contribution in [0.1, 0.15) is 30.0 Å². The van der Waals surface area contributed by atoms with E-state index in [2.05, 4.69) is 22.4 Å². The zero-order chi connectivity index (χ0) is 14.8. The molecule has 1 N–H and O–H groups in total. The fourth-order valence-electron chi connectivity index (χ4n) is 2.25. The fourth-order valence-corrected chi connectivity index (χ4v) is 2.25. The van der Waals surface area contributed by atoms with Crippen LogP contribution in [0.3, 0.4) is 0 Å². The van der Waals surface area contributed by atoms with Crippen LogP contribution >= 0.6 is 0 Å². The minimum absolute atomic E-state index is 0.103. The third-order valence-corrected chi connectivity index (χ3v) is 3.39. The molecule has 3 aromatic rings. The number of nitrogens with one attached hydrogen (secondary N) is 1. The lowest BCUT2D eigenvalue weighted by Crippen LogP contribution is -2.06. The molecule has 0 fully saturated rings. The highest BCUT2D eigenvalue weighted by Crippen LogP contribution is 2.27. The van der Waals surface area contributed by atoms with Crippen molar-refractivity contribution in [1.82, 2.24) is 10.2 Å². The summed E-state index contributed by atoms with van der Waals surface area (Å²) in [6.45, 7) is 6.06. The second-order valence-corrected chi connectivity index (χ2v) is 5.09. The van der Waals surface area contributed by atoms with Crippen LogP contribution < -0.4 is 5.32 Å². The predicted octanol–water partition coefficient (Wildman–Crippen LogP) is 4.12. The van der Waals surface area contributed by atoms with E-state index in [1.54, 1.807) is 0 Å². The van der Waals surface area contributed by atoms with Gasteiger partial charge in [-0.1, -0.05) is 0 Å². The summed E-state index contributed by atoms with van der Waals surface area (Å²) < 4.78 is 10.9. The lowest BCUT2D eigenvalue weighted by atomic mass is 10.1. The summed E-state index contributed by atoms with van der Waals surface area (Å²) in [7, 11) is 0. The van der Waals surface area contributed by atoms with Gasteiger partial charge in [-0.15, -0.1) is 10.2 Å². The Morgan fingerprint density at radius 3 is 2.62 bits per heavy atom. The zero-order valence-corrected chi connectivity index (χ0v) is 12.3. The number of furan rings is 1. The standard InChI is InChI=1S/C16H17N3O2/c1-10-8-13(16-19-17-9-20-16)5-6-14(10)18-12(3)15-7-4-11(2)21-15/h4-9,12,18H,1-3H3. The maximum atomic E-state index is 5.64. The van der Waals surface area contributed by atoms with Gasteiger partial charge < -0.3 is 14.2 Å². The fraction of sp³-hybridized carbons (Fsp3) is 0.250. The minimum atomic E-state index is 0.103. The molecule has 0 bridgehead atoms. The second-order valence-electron chi connectivity index (χ2n) is 5.09. The van der Waals surface area contributed by atoms with Crippen LogP contribution in [0.25, 0.3) is 11.5 Å². The number of aryl methyl sites for hydroxylation is 2. The number of anilines is 1. The molecule has 0 spiro atoms. The molecule has 0 saturated heterocycles. The van der Waals surface area contributed by atoms with Gasteiger partial charge in [0.1, 0.15) is 11.5 Å². The van der Waals surface area contributed by atoms with E-state index in [0.29, 0.717) is 5.89 Å². The van der Waals surface area contributed by atoms with Crippen molar-refractivity contribution in [2.24, 2.45) is 0 Å². The van der Waals surface area contributed by atoms with Gasteiger partial charge in [0.15, 0.2) is 0 Å². The van der Waals surface area contributed by atoms with Gasteiger partial charge in [-0.2, -0.15) is 0 Å². The smallest absolute Gasteiger partial charge is 0.247 e. The van der Waals surface area contributed by atoms with Crippen LogP contribution in [0.4, 0.5) is 5.69 Å². The van der Waals surface area contributed by atoms with E-state index in [-0.39, 0.29) is 6.04 Å². The monoisotopic (exact) mass is 283 g/mol. The van der Waals surface area contributed by atoms with Gasteiger partial charge in [0.25, 0.3) is 0 Å². The number of aromatic nitrogens is 2. The highest BCUT2D eigenvalue weighted by atomic mass is 16.4. The topological polar surface area (TPSA) is 64.1 Å². The van der Waals surface area contributed by atoms with Crippen molar-refractivity contribution in [1.29, 1.82) is 0 Å². The lowest BCUT2D eigenvalue weighted by Gasteiger charge is -2.15. The summed E-state index contributed by atoms with van der Waals surface area (Å²) in [6.07, 6.45) is 1.33. The SMILES string of the molecule is Cc1ccc(C(C)Nc2ccc(-c3nnco3)cc2C)o1. The molecule has 3 rings (SSSR count). The van der Waals surface area contributed by atoms with Gasteiger partial charge >= 0.3 is 0 Å². The molecule has 2 heterocycles. The van der Waals surface area contributed by atoms with Gasteiger partial charge in [0, 0.05) is 11.3 Å². The van der Waals surface area contributed by atoms with Crippen LogP contribution in [-0.2, 0) is 0 Å². The first-order valence-electron chi connectivity index (χ1n) is 6.83. The number of hydrogen-bond donors (Lipinski definition) is 1. The number of hydrogen-bond acceptors (Lipinski definition) is 5. The molecule has 1 atom stereocenters. The van der Waals surface area contributed by atoms with Crippen LogP contribution in [0.15, 0.2) is 45.6 Å². The van der Waals surface area contributed by atoms with Crippen molar-refractivity contribution >= 4 is 5.69 Å². The molecule has 108 valence electrons. The summed E-state index contributed by atoms with van der Waals surface area (Å²) in [5.41, 5.74) is 3.08. The van der Waals surface area contributed by atoms with Crippen molar-refractivity contribution < 1.29 is 8.83 Å². The molecule has 0 amide bonds. The van der Waals surface area contributed by atoms with Crippen LogP contribution in [0.5, 0.6) is 0 Å². The molecule has 5 nitrogen and oxygen atoms in total. The Morgan fingerprint density at radius 2 is 2.00 bits per heavy atom. The van der Waals surface area contributed by atoms with E-state index in [1.165, 1.54) is 6.39 Å². The third kappa shape index (κ3) is 2.81. The van der Waals surface area contributed by atoms with Crippen molar-refractivity contribution in [2.75, 3.05) is 5.32 Å². The Hall–Kier alpha value is -2.56. The molecule has 21 heavy (non-hydrogen) atoms. The Morgan fingerprint density at radius 1 is 1.14 bits per heavy atom. The normalized spacial score (nSPS) is 12.3. The quantitative estimate of drug-likeness (QED) is 0.780. The summed E-state index contributed by atoms with van der Waals surface area (Å²) in [5, 5.41) is 11.1. The highest BCUT2D eigenvalue weighted by molar-refractivity contribution is 5.62. The van der Waals surface area contributed by atoms with E-state index in [0.717, 1.165) is 28.3 Å². The Balaban J connectivity index is 1.80. The molecule has 2 aromatic heterocycles. The molecule has 1 aromatic carbocycles. The van der Waals surface area contributed by atoms with E-state index in [1.807, 2.05) is 44.2 Å². The predicted molar refractivity (Wildman–Crippen MR) is 80.0 cm³/mol. The summed E-state index contributed by atoms with van der Waals surface area (Å²) in [6, 6.07) is 10.1. The summed E-state index contributed by atoms with van der Waals surface area (Å²) in [5.74, 6) is 2.37. The number of benzene rings is 1. The maximum absolute atomic E-state index is 5.64. The molecule has 0 aliphatic carbocycles. The van der Waals surface area contributed by atoms with E-state index in [4.69, 9.17) is 8.83 Å². The zero-order valence-electron chi connectivity index (χ0n) is 12.3. The van der Waals surface area contributed by atoms with Gasteiger partial charge in [0.05, 0.1) is 6.04 Å². The molecule has 1 unspecified atom stereocenters. The Kier molecular flexibility index (Phi) is 3.48. The van der Waals surface area contributed by atoms with E-state index in [9.17, 15) is 0 Å². The van der Waals surface area contributed by atoms with Gasteiger partial charge in [-0.25, -0.2) is 0 Å². The van der Waals surface area contributed by atoms with Crippen LogP contribution in [0.2, 0.25) is 0 Å². The Labute approximate surface area is 123 Å². The molecule has 0 radical (unpaired) electrons. The molecule has 0 aliphatic rings. The van der Waals surface area contributed by atoms with E-state index < -0.39 is 0 Å². The van der Waals surface area contributed by atoms with Crippen LogP contribution in [-0.4, -0.2) is 10.2 Å². The largest absolute Gasteiger partial charge is 0.464 e. The van der Waals surface area contributed by atoms with Gasteiger partial charge in [-0.05, 0) is 56.7 Å². The van der Waals surface area contributed by atoms with Gasteiger partial charge in [-0.3, -0.25) is 0 Å². The first kappa shape index (κ1) is 13.4. The highest BCUT2D eigenvalue weighted by Gasteiger charge is 2.12. The first-order chi connectivity index (χ1) is 10.1. The maximum Gasteiger partial charge on any atom is 0.247 e. The lowest BCUT2D eigenvalue weighted by molar-refractivity contribution is 0.467. The summed E-state index contributed by atoms with van der Waals surface area (Å²) >= 11 is 0. The molecule has 5 heteroatoms.